The lowest BCUT2D eigenvalue weighted by Gasteiger charge is -2.08. The first-order valence-electron chi connectivity index (χ1n) is 6.11. The van der Waals surface area contributed by atoms with Gasteiger partial charge in [0.2, 0.25) is 0 Å². The van der Waals surface area contributed by atoms with Crippen LogP contribution >= 0.6 is 0 Å². The van der Waals surface area contributed by atoms with E-state index in [-0.39, 0.29) is 6.03 Å². The number of benzene rings is 1. The highest BCUT2D eigenvalue weighted by Gasteiger charge is 2.02. The van der Waals surface area contributed by atoms with Gasteiger partial charge in [-0.3, -0.25) is 10.3 Å². The van der Waals surface area contributed by atoms with Gasteiger partial charge in [-0.2, -0.15) is 0 Å². The van der Waals surface area contributed by atoms with Gasteiger partial charge in [-0.05, 0) is 24.5 Å². The molecule has 1 aromatic carbocycles. The van der Waals surface area contributed by atoms with Gasteiger partial charge in [-0.1, -0.05) is 24.3 Å². The molecule has 0 unspecified atom stereocenters. The Morgan fingerprint density at radius 2 is 2.11 bits per heavy atom. The molecule has 98 valence electrons. The number of amides is 2. The van der Waals surface area contributed by atoms with Gasteiger partial charge in [-0.25, -0.2) is 9.78 Å². The number of hydrogen-bond donors (Lipinski definition) is 2. The van der Waals surface area contributed by atoms with E-state index >= 15 is 0 Å². The summed E-state index contributed by atoms with van der Waals surface area (Å²) in [5.74, 6) is 0.441. The maximum Gasteiger partial charge on any atom is 0.320 e. The molecule has 2 amide bonds. The van der Waals surface area contributed by atoms with Crippen LogP contribution in [-0.2, 0) is 6.42 Å². The number of aryl methyl sites for hydroxylation is 1. The topological polar surface area (TPSA) is 66.9 Å². The first-order chi connectivity index (χ1) is 9.25. The van der Waals surface area contributed by atoms with Crippen molar-refractivity contribution in [2.24, 2.45) is 0 Å². The minimum Gasteiger partial charge on any atom is -0.337 e. The molecule has 19 heavy (non-hydrogen) atoms. The molecule has 0 radical (unpaired) electrons. The summed E-state index contributed by atoms with van der Waals surface area (Å²) in [4.78, 5) is 19.4. The largest absolute Gasteiger partial charge is 0.337 e. The number of anilines is 1. The summed E-state index contributed by atoms with van der Waals surface area (Å²) in [5, 5.41) is 5.41. The number of nitrogens with zero attached hydrogens (tertiary/aromatic N) is 2. The second-order valence-electron chi connectivity index (χ2n) is 4.15. The van der Waals surface area contributed by atoms with Crippen LogP contribution in [-0.4, -0.2) is 22.5 Å². The third-order valence-electron chi connectivity index (χ3n) is 2.75. The van der Waals surface area contributed by atoms with Crippen LogP contribution in [0.4, 0.5) is 10.6 Å². The van der Waals surface area contributed by atoms with Crippen LogP contribution in [0.2, 0.25) is 0 Å². The van der Waals surface area contributed by atoms with Crippen molar-refractivity contribution < 1.29 is 4.79 Å². The smallest absolute Gasteiger partial charge is 0.320 e. The molecule has 5 heteroatoms. The molecule has 0 atom stereocenters. The molecular weight excluding hydrogens is 240 g/mol. The fourth-order valence-corrected chi connectivity index (χ4v) is 1.73. The van der Waals surface area contributed by atoms with Gasteiger partial charge in [-0.15, -0.1) is 0 Å². The highest BCUT2D eigenvalue weighted by molar-refractivity contribution is 5.87. The number of carbonyl (C=O) groups is 1. The fraction of sp³-hybridized carbons (Fsp3) is 0.214. The average Bonchev–Trinajstić information content (AvgIpc) is 2.42. The van der Waals surface area contributed by atoms with Gasteiger partial charge < -0.3 is 5.32 Å². The van der Waals surface area contributed by atoms with E-state index in [4.69, 9.17) is 0 Å². The van der Waals surface area contributed by atoms with Crippen LogP contribution in [0.5, 0.6) is 0 Å². The number of nitrogens with one attached hydrogen (secondary N) is 2. The molecule has 5 nitrogen and oxygen atoms in total. The van der Waals surface area contributed by atoms with Gasteiger partial charge in [0.1, 0.15) is 0 Å². The Hall–Kier alpha value is -2.43. The number of carbonyl (C=O) groups excluding carboxylic acids is 1. The summed E-state index contributed by atoms with van der Waals surface area (Å²) in [7, 11) is 0. The lowest BCUT2D eigenvalue weighted by atomic mass is 10.1. The highest BCUT2D eigenvalue weighted by atomic mass is 16.2. The molecule has 2 aromatic rings. The van der Waals surface area contributed by atoms with E-state index in [1.54, 1.807) is 6.20 Å². The van der Waals surface area contributed by atoms with Crippen molar-refractivity contribution in [3.05, 3.63) is 54.0 Å². The number of urea groups is 1. The summed E-state index contributed by atoms with van der Waals surface area (Å²) in [6.07, 6.45) is 5.39. The van der Waals surface area contributed by atoms with Crippen LogP contribution in [0.15, 0.2) is 42.9 Å². The molecule has 0 saturated carbocycles. The van der Waals surface area contributed by atoms with Crippen LogP contribution in [0.3, 0.4) is 0 Å². The lowest BCUT2D eigenvalue weighted by molar-refractivity contribution is 0.252. The zero-order valence-electron chi connectivity index (χ0n) is 10.8. The van der Waals surface area contributed by atoms with Crippen molar-refractivity contribution in [1.82, 2.24) is 15.3 Å². The molecule has 0 aliphatic heterocycles. The first-order valence-corrected chi connectivity index (χ1v) is 6.11. The lowest BCUT2D eigenvalue weighted by Crippen LogP contribution is -2.30. The zero-order chi connectivity index (χ0) is 13.5. The number of hydrogen-bond acceptors (Lipinski definition) is 3. The van der Waals surface area contributed by atoms with Gasteiger partial charge in [0.15, 0.2) is 5.82 Å². The Kier molecular flexibility index (Phi) is 4.44. The molecule has 0 bridgehead atoms. The van der Waals surface area contributed by atoms with Crippen LogP contribution in [0.1, 0.15) is 11.1 Å². The van der Waals surface area contributed by atoms with Gasteiger partial charge >= 0.3 is 6.03 Å². The predicted octanol–water partition coefficient (Wildman–Crippen LogP) is 2.15. The van der Waals surface area contributed by atoms with E-state index in [9.17, 15) is 4.79 Å². The van der Waals surface area contributed by atoms with Crippen molar-refractivity contribution >= 4 is 11.8 Å². The summed E-state index contributed by atoms with van der Waals surface area (Å²) in [6.45, 7) is 2.64. The Morgan fingerprint density at radius 1 is 1.26 bits per heavy atom. The summed E-state index contributed by atoms with van der Waals surface area (Å²) in [5.41, 5.74) is 2.47. The van der Waals surface area contributed by atoms with Crippen molar-refractivity contribution in [2.75, 3.05) is 11.9 Å². The quantitative estimate of drug-likeness (QED) is 0.880. The Balaban J connectivity index is 1.77. The maximum atomic E-state index is 11.6. The molecule has 1 heterocycles. The number of rotatable bonds is 4. The Labute approximate surface area is 112 Å². The van der Waals surface area contributed by atoms with Crippen LogP contribution < -0.4 is 10.6 Å². The summed E-state index contributed by atoms with van der Waals surface area (Å²) >= 11 is 0. The van der Waals surface area contributed by atoms with Crippen molar-refractivity contribution in [3.8, 4) is 0 Å². The van der Waals surface area contributed by atoms with E-state index in [0.29, 0.717) is 12.4 Å². The molecule has 0 saturated heterocycles. The van der Waals surface area contributed by atoms with Crippen LogP contribution in [0.25, 0.3) is 0 Å². The predicted molar refractivity (Wildman–Crippen MR) is 73.9 cm³/mol. The monoisotopic (exact) mass is 256 g/mol. The highest BCUT2D eigenvalue weighted by Crippen LogP contribution is 2.06. The van der Waals surface area contributed by atoms with E-state index in [0.717, 1.165) is 6.42 Å². The van der Waals surface area contributed by atoms with Crippen molar-refractivity contribution in [1.29, 1.82) is 0 Å². The Bertz CT molecular complexity index is 542. The number of aromatic nitrogens is 2. The second kappa shape index (κ2) is 6.49. The molecular formula is C14H16N4O. The van der Waals surface area contributed by atoms with Crippen molar-refractivity contribution in [2.45, 2.75) is 13.3 Å². The van der Waals surface area contributed by atoms with E-state index in [1.165, 1.54) is 23.5 Å². The minimum absolute atomic E-state index is 0.269. The van der Waals surface area contributed by atoms with E-state index in [1.807, 2.05) is 12.1 Å². The van der Waals surface area contributed by atoms with Gasteiger partial charge in [0.05, 0.1) is 6.20 Å². The van der Waals surface area contributed by atoms with Crippen LogP contribution in [0, 0.1) is 6.92 Å². The third kappa shape index (κ3) is 4.06. The normalized spacial score (nSPS) is 9.95. The minimum atomic E-state index is -0.269. The van der Waals surface area contributed by atoms with E-state index < -0.39 is 0 Å². The zero-order valence-corrected chi connectivity index (χ0v) is 10.8. The molecule has 1 aromatic heterocycles. The van der Waals surface area contributed by atoms with Crippen molar-refractivity contribution in [3.63, 3.8) is 0 Å². The average molecular weight is 256 g/mol. The third-order valence-corrected chi connectivity index (χ3v) is 2.75. The fourth-order valence-electron chi connectivity index (χ4n) is 1.73. The molecule has 0 aliphatic rings. The summed E-state index contributed by atoms with van der Waals surface area (Å²) < 4.78 is 0. The molecule has 2 rings (SSSR count). The van der Waals surface area contributed by atoms with Gasteiger partial charge in [0, 0.05) is 18.9 Å². The molecule has 2 N–H and O–H groups in total. The second-order valence-corrected chi connectivity index (χ2v) is 4.15. The maximum absolute atomic E-state index is 11.6. The first kappa shape index (κ1) is 13.0. The summed E-state index contributed by atoms with van der Waals surface area (Å²) in [6, 6.07) is 7.87. The Morgan fingerprint density at radius 3 is 2.84 bits per heavy atom. The molecule has 0 spiro atoms. The molecule has 0 fully saturated rings. The van der Waals surface area contributed by atoms with E-state index in [2.05, 4.69) is 39.7 Å². The SMILES string of the molecule is Cc1ccccc1CCNC(=O)Nc1cnccn1. The standard InChI is InChI=1S/C14H16N4O/c1-11-4-2-3-5-12(11)6-7-17-14(19)18-13-10-15-8-9-16-13/h2-5,8-10H,6-7H2,1H3,(H2,16,17,18,19). The van der Waals surface area contributed by atoms with Gasteiger partial charge in [0.25, 0.3) is 0 Å². The molecule has 0 aliphatic carbocycles.